The van der Waals surface area contributed by atoms with Crippen molar-refractivity contribution in [1.29, 1.82) is 0 Å². The van der Waals surface area contributed by atoms with E-state index in [4.69, 9.17) is 21.7 Å². The van der Waals surface area contributed by atoms with Crippen molar-refractivity contribution in [3.63, 3.8) is 0 Å². The smallest absolute Gasteiger partial charge is 0.231 e. The summed E-state index contributed by atoms with van der Waals surface area (Å²) in [5.41, 5.74) is 1.15. The second-order valence-corrected chi connectivity index (χ2v) is 6.20. The van der Waals surface area contributed by atoms with Gasteiger partial charge in [0.15, 0.2) is 16.6 Å². The first-order valence-electron chi connectivity index (χ1n) is 7.69. The third-order valence-corrected chi connectivity index (χ3v) is 4.42. The quantitative estimate of drug-likeness (QED) is 0.839. The molecule has 0 amide bonds. The average molecular weight is 306 g/mol. The number of ether oxygens (including phenoxy) is 2. The van der Waals surface area contributed by atoms with E-state index in [1.807, 2.05) is 12.1 Å². The molecule has 1 fully saturated rings. The van der Waals surface area contributed by atoms with Crippen molar-refractivity contribution in [3.05, 3.63) is 23.8 Å². The number of nitrogens with one attached hydrogen (secondary N) is 2. The van der Waals surface area contributed by atoms with Crippen LogP contribution in [0, 0.1) is 0 Å². The lowest BCUT2D eigenvalue weighted by Gasteiger charge is -2.26. The van der Waals surface area contributed by atoms with E-state index in [1.165, 1.54) is 32.1 Å². The molecule has 4 nitrogen and oxygen atoms in total. The lowest BCUT2D eigenvalue weighted by atomic mass is 9.96. The van der Waals surface area contributed by atoms with Gasteiger partial charge in [0, 0.05) is 6.04 Å². The number of hydrogen-bond donors (Lipinski definition) is 2. The summed E-state index contributed by atoms with van der Waals surface area (Å²) in [6.07, 6.45) is 6.41. The maximum absolute atomic E-state index is 5.43. The molecule has 1 aromatic carbocycles. The van der Waals surface area contributed by atoms with Crippen LogP contribution in [0.3, 0.4) is 0 Å². The lowest BCUT2D eigenvalue weighted by Crippen LogP contribution is -2.43. The fourth-order valence-corrected chi connectivity index (χ4v) is 3.28. The molecule has 2 N–H and O–H groups in total. The molecular weight excluding hydrogens is 284 g/mol. The van der Waals surface area contributed by atoms with E-state index in [9.17, 15) is 0 Å². The monoisotopic (exact) mass is 306 g/mol. The van der Waals surface area contributed by atoms with E-state index in [1.54, 1.807) is 0 Å². The van der Waals surface area contributed by atoms with Gasteiger partial charge in [-0.3, -0.25) is 0 Å². The van der Waals surface area contributed by atoms with Gasteiger partial charge < -0.3 is 20.1 Å². The van der Waals surface area contributed by atoms with Gasteiger partial charge in [-0.1, -0.05) is 25.3 Å². The van der Waals surface area contributed by atoms with E-state index < -0.39 is 0 Å². The van der Waals surface area contributed by atoms with Gasteiger partial charge >= 0.3 is 0 Å². The molecule has 1 atom stereocenters. The second-order valence-electron chi connectivity index (χ2n) is 5.79. The van der Waals surface area contributed by atoms with Crippen LogP contribution in [0.2, 0.25) is 0 Å². The van der Waals surface area contributed by atoms with E-state index in [0.29, 0.717) is 12.8 Å². The van der Waals surface area contributed by atoms with Crippen LogP contribution in [0.25, 0.3) is 0 Å². The highest BCUT2D eigenvalue weighted by atomic mass is 32.1. The van der Waals surface area contributed by atoms with Crippen molar-refractivity contribution in [2.24, 2.45) is 0 Å². The Bertz CT molecular complexity index is 515. The summed E-state index contributed by atoms with van der Waals surface area (Å²) in [4.78, 5) is 0. The highest BCUT2D eigenvalue weighted by Gasteiger charge is 2.18. The van der Waals surface area contributed by atoms with Crippen LogP contribution in [-0.4, -0.2) is 17.9 Å². The SMILES string of the molecule is CC(NC(=S)NC1CCCCC1)c1ccc2c(c1)OCO2. The Labute approximate surface area is 131 Å². The molecule has 0 saturated heterocycles. The van der Waals surface area contributed by atoms with Crippen molar-refractivity contribution in [1.82, 2.24) is 10.6 Å². The first kappa shape index (κ1) is 14.4. The first-order chi connectivity index (χ1) is 10.2. The van der Waals surface area contributed by atoms with E-state index >= 15 is 0 Å². The van der Waals surface area contributed by atoms with Crippen LogP contribution >= 0.6 is 12.2 Å². The molecule has 0 aromatic heterocycles. The summed E-state index contributed by atoms with van der Waals surface area (Å²) in [5, 5.41) is 7.54. The number of thiocarbonyl (C=S) groups is 1. The number of fused-ring (bicyclic) bond motifs is 1. The maximum Gasteiger partial charge on any atom is 0.231 e. The summed E-state index contributed by atoms with van der Waals surface area (Å²) in [6.45, 7) is 2.41. The van der Waals surface area contributed by atoms with Gasteiger partial charge in [0.05, 0.1) is 6.04 Å². The molecule has 2 aliphatic rings. The van der Waals surface area contributed by atoms with Crippen molar-refractivity contribution >= 4 is 17.3 Å². The Kier molecular flexibility index (Phi) is 4.48. The van der Waals surface area contributed by atoms with Gasteiger partial charge in [0.2, 0.25) is 6.79 Å². The van der Waals surface area contributed by atoms with E-state index in [0.717, 1.165) is 22.2 Å². The normalized spacial score (nSPS) is 19.1. The van der Waals surface area contributed by atoms with Gasteiger partial charge in [-0.15, -0.1) is 0 Å². The van der Waals surface area contributed by atoms with Crippen LogP contribution in [0.1, 0.15) is 50.6 Å². The van der Waals surface area contributed by atoms with Crippen LogP contribution in [0.15, 0.2) is 18.2 Å². The molecule has 1 aliphatic carbocycles. The topological polar surface area (TPSA) is 42.5 Å². The molecule has 1 unspecified atom stereocenters. The zero-order chi connectivity index (χ0) is 14.7. The minimum absolute atomic E-state index is 0.142. The van der Waals surface area contributed by atoms with Crippen LogP contribution in [-0.2, 0) is 0 Å². The predicted molar refractivity (Wildman–Crippen MR) is 86.7 cm³/mol. The summed E-state index contributed by atoms with van der Waals surface area (Å²) in [5.74, 6) is 1.63. The Morgan fingerprint density at radius 3 is 2.76 bits per heavy atom. The van der Waals surface area contributed by atoms with Gasteiger partial charge in [0.25, 0.3) is 0 Å². The summed E-state index contributed by atoms with van der Waals surface area (Å²) >= 11 is 5.43. The summed E-state index contributed by atoms with van der Waals surface area (Å²) in [6, 6.07) is 6.69. The Balaban J connectivity index is 1.55. The van der Waals surface area contributed by atoms with Crippen LogP contribution < -0.4 is 20.1 Å². The third-order valence-electron chi connectivity index (χ3n) is 4.18. The molecule has 1 heterocycles. The largest absolute Gasteiger partial charge is 0.454 e. The van der Waals surface area contributed by atoms with Gasteiger partial charge in [0.1, 0.15) is 0 Å². The van der Waals surface area contributed by atoms with Crippen molar-refractivity contribution in [3.8, 4) is 11.5 Å². The van der Waals surface area contributed by atoms with Crippen molar-refractivity contribution in [2.45, 2.75) is 51.1 Å². The fourth-order valence-electron chi connectivity index (χ4n) is 2.94. The van der Waals surface area contributed by atoms with Crippen LogP contribution in [0.5, 0.6) is 11.5 Å². The van der Waals surface area contributed by atoms with Crippen molar-refractivity contribution < 1.29 is 9.47 Å². The highest BCUT2D eigenvalue weighted by molar-refractivity contribution is 7.80. The fraction of sp³-hybridized carbons (Fsp3) is 0.562. The second kappa shape index (κ2) is 6.52. The molecule has 0 bridgehead atoms. The van der Waals surface area contributed by atoms with Crippen molar-refractivity contribution in [2.75, 3.05) is 6.79 Å². The minimum atomic E-state index is 0.142. The highest BCUT2D eigenvalue weighted by Crippen LogP contribution is 2.34. The zero-order valence-corrected chi connectivity index (χ0v) is 13.2. The molecule has 0 radical (unpaired) electrons. The standard InChI is InChI=1S/C16H22N2O2S/c1-11(12-7-8-14-15(9-12)20-10-19-14)17-16(21)18-13-5-3-2-4-6-13/h7-9,11,13H,2-6,10H2,1H3,(H2,17,18,21). The van der Waals surface area contributed by atoms with Gasteiger partial charge in [-0.05, 0) is 49.7 Å². The molecule has 5 heteroatoms. The minimum Gasteiger partial charge on any atom is -0.454 e. The average Bonchev–Trinajstić information content (AvgIpc) is 2.95. The van der Waals surface area contributed by atoms with Crippen LogP contribution in [0.4, 0.5) is 0 Å². The summed E-state index contributed by atoms with van der Waals surface area (Å²) in [7, 11) is 0. The maximum atomic E-state index is 5.43. The number of benzene rings is 1. The zero-order valence-electron chi connectivity index (χ0n) is 12.4. The van der Waals surface area contributed by atoms with Gasteiger partial charge in [-0.2, -0.15) is 0 Å². The molecule has 1 saturated carbocycles. The molecule has 0 spiro atoms. The molecule has 21 heavy (non-hydrogen) atoms. The van der Waals surface area contributed by atoms with E-state index in [2.05, 4.69) is 23.6 Å². The Morgan fingerprint density at radius 2 is 1.95 bits per heavy atom. The number of rotatable bonds is 3. The molecule has 1 aromatic rings. The molecule has 114 valence electrons. The predicted octanol–water partition coefficient (Wildman–Crippen LogP) is 3.27. The molecule has 1 aliphatic heterocycles. The third kappa shape index (κ3) is 3.59. The first-order valence-corrected chi connectivity index (χ1v) is 8.10. The van der Waals surface area contributed by atoms with Gasteiger partial charge in [-0.25, -0.2) is 0 Å². The molecule has 3 rings (SSSR count). The lowest BCUT2D eigenvalue weighted by molar-refractivity contribution is 0.174. The Morgan fingerprint density at radius 1 is 1.19 bits per heavy atom. The molecular formula is C16H22N2O2S. The Hall–Kier alpha value is -1.49. The van der Waals surface area contributed by atoms with E-state index in [-0.39, 0.29) is 6.04 Å². The summed E-state index contributed by atoms with van der Waals surface area (Å²) < 4.78 is 10.8. The number of hydrogen-bond acceptors (Lipinski definition) is 3.